The third kappa shape index (κ3) is 2.14. The molecule has 0 atom stereocenters. The van der Waals surface area contributed by atoms with Gasteiger partial charge in [-0.1, -0.05) is 27.7 Å². The normalized spacial score (nSPS) is 15.4. The molecule has 0 rings (SSSR count). The predicted molar refractivity (Wildman–Crippen MR) is 69.7 cm³/mol. The second-order valence-electron chi connectivity index (χ2n) is 6.68. The molecule has 0 bridgehead atoms. The Morgan fingerprint density at radius 3 is 0.812 bits per heavy atom. The number of hydrogen-bond donors (Lipinski definition) is 0. The van der Waals surface area contributed by atoms with Crippen molar-refractivity contribution >= 4 is 0 Å². The molecule has 0 aliphatic carbocycles. The van der Waals surface area contributed by atoms with Crippen molar-refractivity contribution in [3.63, 3.8) is 0 Å². The van der Waals surface area contributed by atoms with E-state index >= 15 is 0 Å². The first-order valence-electron chi connectivity index (χ1n) is 5.97. The molecule has 0 saturated heterocycles. The van der Waals surface area contributed by atoms with Gasteiger partial charge in [0.25, 0.3) is 0 Å². The number of hydrogen-bond acceptors (Lipinski definition) is 2. The second-order valence-corrected chi connectivity index (χ2v) is 6.68. The highest BCUT2D eigenvalue weighted by Crippen LogP contribution is 2.54. The van der Waals surface area contributed by atoms with Crippen LogP contribution in [0.15, 0.2) is 0 Å². The Kier molecular flexibility index (Phi) is 4.28. The Bertz CT molecular complexity index is 211. The van der Waals surface area contributed by atoms with Gasteiger partial charge in [-0.2, -0.15) is 0 Å². The topological polar surface area (TPSA) is 18.5 Å². The molecule has 0 radical (unpaired) electrons. The largest absolute Gasteiger partial charge is 0.378 e. The van der Waals surface area contributed by atoms with Gasteiger partial charge in [0, 0.05) is 25.0 Å². The van der Waals surface area contributed by atoms with E-state index < -0.39 is 0 Å². The van der Waals surface area contributed by atoms with Gasteiger partial charge in [0.1, 0.15) is 0 Å². The van der Waals surface area contributed by atoms with Gasteiger partial charge < -0.3 is 9.47 Å². The summed E-state index contributed by atoms with van der Waals surface area (Å²) in [7, 11) is 3.55. The quantitative estimate of drug-likeness (QED) is 0.713. The van der Waals surface area contributed by atoms with Crippen LogP contribution in [0, 0.1) is 10.8 Å². The van der Waals surface area contributed by atoms with E-state index in [4.69, 9.17) is 9.47 Å². The second kappa shape index (κ2) is 4.30. The van der Waals surface area contributed by atoms with Crippen LogP contribution in [-0.2, 0) is 9.47 Å². The fourth-order valence-corrected chi connectivity index (χ4v) is 2.02. The van der Waals surface area contributed by atoms with Gasteiger partial charge >= 0.3 is 0 Å². The first-order chi connectivity index (χ1) is 6.87. The van der Waals surface area contributed by atoms with E-state index in [0.717, 1.165) is 0 Å². The SMILES string of the molecule is COC(C)(C)C(C)(C)C(C)(C)C(C)(C)OC. The zero-order chi connectivity index (χ0) is 13.4. The van der Waals surface area contributed by atoms with Crippen molar-refractivity contribution in [2.45, 2.75) is 66.6 Å². The van der Waals surface area contributed by atoms with E-state index in [0.29, 0.717) is 0 Å². The molecule has 0 fully saturated rings. The van der Waals surface area contributed by atoms with Crippen molar-refractivity contribution in [2.24, 2.45) is 10.8 Å². The molecule has 2 heteroatoms. The molecule has 0 aromatic carbocycles. The van der Waals surface area contributed by atoms with E-state index in [9.17, 15) is 0 Å². The average molecular weight is 230 g/mol. The van der Waals surface area contributed by atoms with Gasteiger partial charge in [-0.05, 0) is 27.7 Å². The maximum absolute atomic E-state index is 5.67. The predicted octanol–water partition coefficient (Wildman–Crippen LogP) is 3.89. The number of ether oxygens (including phenoxy) is 2. The van der Waals surface area contributed by atoms with E-state index in [1.807, 2.05) is 0 Å². The van der Waals surface area contributed by atoms with E-state index in [1.54, 1.807) is 14.2 Å². The minimum absolute atomic E-state index is 0.0196. The molecular formula is C14H30O2. The maximum Gasteiger partial charge on any atom is 0.0679 e. The summed E-state index contributed by atoms with van der Waals surface area (Å²) in [5, 5.41) is 0. The van der Waals surface area contributed by atoms with Crippen LogP contribution in [0.25, 0.3) is 0 Å². The smallest absolute Gasteiger partial charge is 0.0679 e. The zero-order valence-electron chi connectivity index (χ0n) is 12.8. The summed E-state index contributed by atoms with van der Waals surface area (Å²) in [6.45, 7) is 17.5. The fraction of sp³-hybridized carbons (Fsp3) is 1.00. The molecule has 2 nitrogen and oxygen atoms in total. The molecule has 0 aromatic rings. The monoisotopic (exact) mass is 230 g/mol. The number of methoxy groups -OCH3 is 2. The summed E-state index contributed by atoms with van der Waals surface area (Å²) >= 11 is 0. The van der Waals surface area contributed by atoms with Crippen LogP contribution < -0.4 is 0 Å². The van der Waals surface area contributed by atoms with Gasteiger partial charge in [-0.25, -0.2) is 0 Å². The van der Waals surface area contributed by atoms with Crippen LogP contribution in [0.1, 0.15) is 55.4 Å². The molecule has 0 aliphatic heterocycles. The van der Waals surface area contributed by atoms with Gasteiger partial charge in [0.05, 0.1) is 11.2 Å². The lowest BCUT2D eigenvalue weighted by Gasteiger charge is -2.57. The van der Waals surface area contributed by atoms with Crippen molar-refractivity contribution in [3.05, 3.63) is 0 Å². The Hall–Kier alpha value is -0.0800. The maximum atomic E-state index is 5.67. The van der Waals surface area contributed by atoms with E-state index in [2.05, 4.69) is 55.4 Å². The first kappa shape index (κ1) is 15.9. The van der Waals surface area contributed by atoms with Crippen LogP contribution in [0.4, 0.5) is 0 Å². The molecule has 0 aliphatic rings. The Morgan fingerprint density at radius 2 is 0.688 bits per heavy atom. The van der Waals surface area contributed by atoms with Gasteiger partial charge in [-0.15, -0.1) is 0 Å². The minimum Gasteiger partial charge on any atom is -0.378 e. The summed E-state index contributed by atoms with van der Waals surface area (Å²) in [4.78, 5) is 0. The van der Waals surface area contributed by atoms with Crippen LogP contribution in [-0.4, -0.2) is 25.4 Å². The van der Waals surface area contributed by atoms with Crippen molar-refractivity contribution in [3.8, 4) is 0 Å². The van der Waals surface area contributed by atoms with Crippen LogP contribution >= 0.6 is 0 Å². The summed E-state index contributed by atoms with van der Waals surface area (Å²) < 4.78 is 11.3. The lowest BCUT2D eigenvalue weighted by molar-refractivity contribution is -0.195. The third-order valence-corrected chi connectivity index (χ3v) is 5.59. The van der Waals surface area contributed by atoms with Gasteiger partial charge in [-0.3, -0.25) is 0 Å². The Labute approximate surface area is 102 Å². The van der Waals surface area contributed by atoms with Gasteiger partial charge in [0.2, 0.25) is 0 Å². The highest BCUT2D eigenvalue weighted by Gasteiger charge is 2.55. The first-order valence-corrected chi connectivity index (χ1v) is 5.97. The lowest BCUT2D eigenvalue weighted by Crippen LogP contribution is -2.58. The molecule has 0 saturated carbocycles. The van der Waals surface area contributed by atoms with Gasteiger partial charge in [0.15, 0.2) is 0 Å². The third-order valence-electron chi connectivity index (χ3n) is 5.59. The Balaban J connectivity index is 5.46. The highest BCUT2D eigenvalue weighted by molar-refractivity contribution is 5.04. The molecule has 0 spiro atoms. The van der Waals surface area contributed by atoms with Crippen LogP contribution in [0.2, 0.25) is 0 Å². The molecule has 98 valence electrons. The average Bonchev–Trinajstić information content (AvgIpc) is 2.16. The van der Waals surface area contributed by atoms with Crippen molar-refractivity contribution in [2.75, 3.05) is 14.2 Å². The molecule has 0 N–H and O–H groups in total. The molecule has 16 heavy (non-hydrogen) atoms. The number of rotatable bonds is 5. The molecule has 0 aromatic heterocycles. The molecular weight excluding hydrogens is 200 g/mol. The lowest BCUT2D eigenvalue weighted by atomic mass is 9.54. The van der Waals surface area contributed by atoms with Crippen LogP contribution in [0.3, 0.4) is 0 Å². The summed E-state index contributed by atoms with van der Waals surface area (Å²) in [5.74, 6) is 0. The summed E-state index contributed by atoms with van der Waals surface area (Å²) in [6.07, 6.45) is 0. The zero-order valence-corrected chi connectivity index (χ0v) is 12.8. The molecule has 0 heterocycles. The van der Waals surface area contributed by atoms with E-state index in [1.165, 1.54) is 0 Å². The van der Waals surface area contributed by atoms with E-state index in [-0.39, 0.29) is 22.0 Å². The minimum atomic E-state index is -0.202. The fourth-order valence-electron chi connectivity index (χ4n) is 2.02. The van der Waals surface area contributed by atoms with Crippen LogP contribution in [0.5, 0.6) is 0 Å². The molecule has 0 amide bonds. The standard InChI is InChI=1S/C14H30O2/c1-11(2,13(5,6)15-9)12(3,4)14(7,8)16-10/h1-10H3. The Morgan fingerprint density at radius 1 is 0.500 bits per heavy atom. The highest BCUT2D eigenvalue weighted by atomic mass is 16.5. The summed E-state index contributed by atoms with van der Waals surface area (Å²) in [6, 6.07) is 0. The van der Waals surface area contributed by atoms with Crippen molar-refractivity contribution in [1.82, 2.24) is 0 Å². The van der Waals surface area contributed by atoms with Crippen molar-refractivity contribution in [1.29, 1.82) is 0 Å². The summed E-state index contributed by atoms with van der Waals surface area (Å²) in [5.41, 5.74) is -0.443. The van der Waals surface area contributed by atoms with Crippen molar-refractivity contribution < 1.29 is 9.47 Å². The molecule has 0 unspecified atom stereocenters.